The van der Waals surface area contributed by atoms with Crippen LogP contribution in [0.3, 0.4) is 0 Å². The number of anilines is 1. The van der Waals surface area contributed by atoms with Crippen molar-refractivity contribution in [2.45, 2.75) is 13.5 Å². The number of methoxy groups -OCH3 is 1. The number of thiocarbonyl (C=S) groups is 1. The number of aryl methyl sites for hydroxylation is 1. The van der Waals surface area contributed by atoms with Crippen LogP contribution in [-0.2, 0) is 6.54 Å². The second-order valence-corrected chi connectivity index (χ2v) is 5.68. The number of nitrogens with one attached hydrogen (secondary N) is 2. The summed E-state index contributed by atoms with van der Waals surface area (Å²) in [5.74, 6) is 2.34. The minimum absolute atomic E-state index is 0.314. The molecule has 1 aromatic carbocycles. The molecule has 0 radical (unpaired) electrons. The Morgan fingerprint density at radius 2 is 2.16 bits per heavy atom. The van der Waals surface area contributed by atoms with Crippen molar-refractivity contribution >= 4 is 23.1 Å². The average molecular weight is 355 g/mol. The van der Waals surface area contributed by atoms with E-state index >= 15 is 0 Å². The maximum Gasteiger partial charge on any atom is 0.246 e. The van der Waals surface area contributed by atoms with Crippen LogP contribution in [0.2, 0.25) is 0 Å². The first kappa shape index (κ1) is 16.8. The third-order valence-corrected chi connectivity index (χ3v) is 3.60. The first-order valence-electron chi connectivity index (χ1n) is 7.58. The van der Waals surface area contributed by atoms with Crippen molar-refractivity contribution in [3.05, 3.63) is 54.0 Å². The van der Waals surface area contributed by atoms with E-state index in [0.717, 1.165) is 16.9 Å². The van der Waals surface area contributed by atoms with Crippen LogP contribution >= 0.6 is 12.2 Å². The molecule has 0 bridgehead atoms. The van der Waals surface area contributed by atoms with E-state index in [1.54, 1.807) is 13.3 Å². The number of hydrogen-bond acceptors (Lipinski definition) is 6. The van der Waals surface area contributed by atoms with Crippen LogP contribution in [0.25, 0.3) is 11.4 Å². The van der Waals surface area contributed by atoms with Crippen LogP contribution < -0.4 is 15.4 Å². The fraction of sp³-hybridized carbons (Fsp3) is 0.176. The summed E-state index contributed by atoms with van der Waals surface area (Å²) in [6.45, 7) is 2.30. The quantitative estimate of drug-likeness (QED) is 0.676. The highest BCUT2D eigenvalue weighted by Gasteiger charge is 2.10. The van der Waals surface area contributed by atoms with E-state index in [1.165, 1.54) is 0 Å². The zero-order valence-corrected chi connectivity index (χ0v) is 14.6. The van der Waals surface area contributed by atoms with Crippen molar-refractivity contribution in [2.24, 2.45) is 0 Å². The highest BCUT2D eigenvalue weighted by atomic mass is 32.1. The molecule has 3 aromatic rings. The van der Waals surface area contributed by atoms with Crippen LogP contribution in [0.4, 0.5) is 5.82 Å². The van der Waals surface area contributed by atoms with Gasteiger partial charge in [-0.05, 0) is 49.0 Å². The molecule has 2 heterocycles. The molecule has 0 unspecified atom stereocenters. The van der Waals surface area contributed by atoms with Gasteiger partial charge in [0, 0.05) is 11.8 Å². The smallest absolute Gasteiger partial charge is 0.246 e. The van der Waals surface area contributed by atoms with Crippen molar-refractivity contribution in [3.8, 4) is 17.1 Å². The Balaban J connectivity index is 1.59. The van der Waals surface area contributed by atoms with E-state index in [1.807, 2.05) is 43.3 Å². The van der Waals surface area contributed by atoms with Crippen molar-refractivity contribution in [2.75, 3.05) is 12.4 Å². The standard InChI is InChI=1S/C17H17N5O2S/c1-11-6-7-18-14(8-11)20-17(25)19-10-15-21-16(22-24-15)12-4-3-5-13(9-12)23-2/h3-9H,10H2,1-2H3,(H2,18,19,20,25). The first-order chi connectivity index (χ1) is 12.1. The first-order valence-corrected chi connectivity index (χ1v) is 7.99. The summed E-state index contributed by atoms with van der Waals surface area (Å²) in [6.07, 6.45) is 1.72. The normalized spacial score (nSPS) is 10.3. The number of ether oxygens (including phenoxy) is 1. The lowest BCUT2D eigenvalue weighted by atomic mass is 10.2. The van der Waals surface area contributed by atoms with Crippen molar-refractivity contribution in [1.29, 1.82) is 0 Å². The molecule has 0 saturated carbocycles. The molecule has 0 aliphatic heterocycles. The monoisotopic (exact) mass is 355 g/mol. The molecule has 2 N–H and O–H groups in total. The van der Waals surface area contributed by atoms with E-state index in [-0.39, 0.29) is 0 Å². The van der Waals surface area contributed by atoms with Crippen molar-refractivity contribution in [1.82, 2.24) is 20.4 Å². The summed E-state index contributed by atoms with van der Waals surface area (Å²) < 4.78 is 10.4. The van der Waals surface area contributed by atoms with Crippen LogP contribution in [-0.4, -0.2) is 27.3 Å². The van der Waals surface area contributed by atoms with Gasteiger partial charge in [0.05, 0.1) is 13.7 Å². The molecule has 3 rings (SSSR count). The van der Waals surface area contributed by atoms with Gasteiger partial charge in [-0.2, -0.15) is 4.98 Å². The van der Waals surface area contributed by atoms with Crippen molar-refractivity contribution < 1.29 is 9.26 Å². The summed E-state index contributed by atoms with van der Waals surface area (Å²) in [5, 5.41) is 10.4. The van der Waals surface area contributed by atoms with Crippen LogP contribution in [0.5, 0.6) is 5.75 Å². The Morgan fingerprint density at radius 3 is 2.96 bits per heavy atom. The minimum Gasteiger partial charge on any atom is -0.497 e. The van der Waals surface area contributed by atoms with E-state index in [2.05, 4.69) is 25.8 Å². The summed E-state index contributed by atoms with van der Waals surface area (Å²) in [6, 6.07) is 11.3. The van der Waals surface area contributed by atoms with Gasteiger partial charge >= 0.3 is 0 Å². The number of hydrogen-bond donors (Lipinski definition) is 2. The Labute approximate surface area is 150 Å². The minimum atomic E-state index is 0.314. The van der Waals surface area contributed by atoms with Gasteiger partial charge in [0.25, 0.3) is 0 Å². The van der Waals surface area contributed by atoms with Gasteiger partial charge in [-0.3, -0.25) is 0 Å². The maximum absolute atomic E-state index is 5.24. The Morgan fingerprint density at radius 1 is 1.28 bits per heavy atom. The summed E-state index contributed by atoms with van der Waals surface area (Å²) in [5.41, 5.74) is 1.92. The molecule has 25 heavy (non-hydrogen) atoms. The zero-order chi connectivity index (χ0) is 17.6. The lowest BCUT2D eigenvalue weighted by molar-refractivity contribution is 0.376. The Hall–Kier alpha value is -3.00. The number of rotatable bonds is 5. The highest BCUT2D eigenvalue weighted by molar-refractivity contribution is 7.80. The van der Waals surface area contributed by atoms with Crippen molar-refractivity contribution in [3.63, 3.8) is 0 Å². The molecule has 128 valence electrons. The molecule has 2 aromatic heterocycles. The molecule has 0 spiro atoms. The third-order valence-electron chi connectivity index (χ3n) is 3.35. The van der Waals surface area contributed by atoms with Gasteiger partial charge in [0.2, 0.25) is 11.7 Å². The molecule has 7 nitrogen and oxygen atoms in total. The molecule has 8 heteroatoms. The van der Waals surface area contributed by atoms with Crippen LogP contribution in [0, 0.1) is 6.92 Å². The number of pyridine rings is 1. The SMILES string of the molecule is COc1cccc(-c2noc(CNC(=S)Nc3cc(C)ccn3)n2)c1. The van der Waals surface area contributed by atoms with Gasteiger partial charge in [-0.15, -0.1) is 0 Å². The topological polar surface area (TPSA) is 85.1 Å². The lowest BCUT2D eigenvalue weighted by Gasteiger charge is -2.08. The fourth-order valence-electron chi connectivity index (χ4n) is 2.13. The average Bonchev–Trinajstić information content (AvgIpc) is 3.09. The molecule has 0 atom stereocenters. The molecule has 0 aliphatic carbocycles. The molecular weight excluding hydrogens is 338 g/mol. The number of benzene rings is 1. The van der Waals surface area contributed by atoms with E-state index in [9.17, 15) is 0 Å². The predicted octanol–water partition coefficient (Wildman–Crippen LogP) is 2.94. The summed E-state index contributed by atoms with van der Waals surface area (Å²) >= 11 is 5.24. The van der Waals surface area contributed by atoms with E-state index in [0.29, 0.717) is 29.2 Å². The summed E-state index contributed by atoms with van der Waals surface area (Å²) in [7, 11) is 1.61. The molecule has 0 amide bonds. The number of nitrogens with zero attached hydrogens (tertiary/aromatic N) is 3. The van der Waals surface area contributed by atoms with Crippen LogP contribution in [0.15, 0.2) is 47.1 Å². The summed E-state index contributed by atoms with van der Waals surface area (Å²) in [4.78, 5) is 8.54. The van der Waals surface area contributed by atoms with E-state index < -0.39 is 0 Å². The Kier molecular flexibility index (Phi) is 5.20. The van der Waals surface area contributed by atoms with Crippen LogP contribution in [0.1, 0.15) is 11.5 Å². The highest BCUT2D eigenvalue weighted by Crippen LogP contribution is 2.21. The lowest BCUT2D eigenvalue weighted by Crippen LogP contribution is -2.28. The van der Waals surface area contributed by atoms with Gasteiger partial charge in [0.15, 0.2) is 5.11 Å². The zero-order valence-electron chi connectivity index (χ0n) is 13.8. The molecule has 0 saturated heterocycles. The maximum atomic E-state index is 5.24. The second-order valence-electron chi connectivity index (χ2n) is 5.27. The van der Waals surface area contributed by atoms with Gasteiger partial charge < -0.3 is 19.9 Å². The van der Waals surface area contributed by atoms with E-state index in [4.69, 9.17) is 21.5 Å². The largest absolute Gasteiger partial charge is 0.497 e. The van der Waals surface area contributed by atoms with Gasteiger partial charge in [-0.25, -0.2) is 4.98 Å². The third kappa shape index (κ3) is 4.51. The predicted molar refractivity (Wildman–Crippen MR) is 98.3 cm³/mol. The second kappa shape index (κ2) is 7.71. The molecule has 0 fully saturated rings. The Bertz CT molecular complexity index is 881. The molecular formula is C17H17N5O2S. The molecule has 0 aliphatic rings. The van der Waals surface area contributed by atoms with Gasteiger partial charge in [0.1, 0.15) is 11.6 Å². The number of aromatic nitrogens is 3. The van der Waals surface area contributed by atoms with Gasteiger partial charge in [-0.1, -0.05) is 17.3 Å². The fourth-order valence-corrected chi connectivity index (χ4v) is 2.30.